The number of pyridine rings is 1. The molecule has 0 saturated carbocycles. The van der Waals surface area contributed by atoms with E-state index in [0.29, 0.717) is 0 Å². The minimum Gasteiger partial charge on any atom is -0.326 e. The van der Waals surface area contributed by atoms with E-state index < -0.39 is 0 Å². The molecule has 0 saturated heterocycles. The Bertz CT molecular complexity index is 343. The van der Waals surface area contributed by atoms with Crippen molar-refractivity contribution in [1.82, 2.24) is 4.98 Å². The maximum absolute atomic E-state index is 11.1. The summed E-state index contributed by atoms with van der Waals surface area (Å²) in [5, 5.41) is 0. The number of hydrogen-bond donors (Lipinski definition) is 1. The van der Waals surface area contributed by atoms with Crippen LogP contribution in [0, 0.1) is 0 Å². The van der Waals surface area contributed by atoms with Crippen LogP contribution in [0.2, 0.25) is 0 Å². The topological polar surface area (TPSA) is 32.9 Å². The van der Waals surface area contributed by atoms with E-state index in [1.807, 2.05) is 12.1 Å². The van der Waals surface area contributed by atoms with Gasteiger partial charge in [0, 0.05) is 11.8 Å². The van der Waals surface area contributed by atoms with Gasteiger partial charge in [-0.2, -0.15) is 0 Å². The van der Waals surface area contributed by atoms with Gasteiger partial charge in [-0.3, -0.25) is 4.79 Å². The number of aryl methyl sites for hydroxylation is 1. The molecule has 1 aromatic heterocycles. The van der Waals surface area contributed by atoms with Gasteiger partial charge in [0.25, 0.3) is 0 Å². The summed E-state index contributed by atoms with van der Waals surface area (Å²) >= 11 is 0. The van der Waals surface area contributed by atoms with E-state index in [-0.39, 0.29) is 5.56 Å². The Kier molecular flexibility index (Phi) is 7.44. The zero-order chi connectivity index (χ0) is 12.3. The molecule has 0 aliphatic heterocycles. The van der Waals surface area contributed by atoms with Crippen molar-refractivity contribution < 1.29 is 0 Å². The number of nitrogens with one attached hydrogen (secondary N) is 1. The minimum absolute atomic E-state index is 0.0158. The molecule has 1 aromatic rings. The maximum Gasteiger partial charge on any atom is 0.248 e. The van der Waals surface area contributed by atoms with E-state index >= 15 is 0 Å². The van der Waals surface area contributed by atoms with Crippen LogP contribution in [0.1, 0.15) is 64.0 Å². The summed E-state index contributed by atoms with van der Waals surface area (Å²) in [6, 6.07) is 5.40. The predicted molar refractivity (Wildman–Crippen MR) is 73.4 cm³/mol. The van der Waals surface area contributed by atoms with E-state index in [1.54, 1.807) is 6.07 Å². The predicted octanol–water partition coefficient (Wildman–Crippen LogP) is 4.06. The molecule has 0 atom stereocenters. The Balaban J connectivity index is 1.99. The summed E-state index contributed by atoms with van der Waals surface area (Å²) < 4.78 is 0. The third-order valence-electron chi connectivity index (χ3n) is 3.13. The molecule has 0 aliphatic rings. The van der Waals surface area contributed by atoms with Crippen molar-refractivity contribution in [2.45, 2.75) is 64.7 Å². The van der Waals surface area contributed by atoms with Gasteiger partial charge in [-0.05, 0) is 18.9 Å². The molecule has 1 rings (SSSR count). The number of aromatic amines is 1. The van der Waals surface area contributed by atoms with Crippen molar-refractivity contribution in [3.8, 4) is 0 Å². The Hall–Kier alpha value is -1.05. The fourth-order valence-corrected chi connectivity index (χ4v) is 2.09. The summed E-state index contributed by atoms with van der Waals surface area (Å²) in [4.78, 5) is 13.9. The molecule has 0 spiro atoms. The quantitative estimate of drug-likeness (QED) is 0.643. The Morgan fingerprint density at radius 3 is 2.24 bits per heavy atom. The third kappa shape index (κ3) is 6.98. The first kappa shape index (κ1) is 14.0. The highest BCUT2D eigenvalue weighted by Crippen LogP contribution is 2.09. The molecule has 1 heterocycles. The zero-order valence-corrected chi connectivity index (χ0v) is 11.0. The maximum atomic E-state index is 11.1. The molecule has 0 bridgehead atoms. The first-order valence-electron chi connectivity index (χ1n) is 7.01. The normalized spacial score (nSPS) is 10.6. The fraction of sp³-hybridized carbons (Fsp3) is 0.667. The second-order valence-electron chi connectivity index (χ2n) is 4.77. The summed E-state index contributed by atoms with van der Waals surface area (Å²) in [5.74, 6) is 0. The molecule has 2 nitrogen and oxygen atoms in total. The van der Waals surface area contributed by atoms with Gasteiger partial charge in [-0.25, -0.2) is 0 Å². The van der Waals surface area contributed by atoms with Crippen LogP contribution in [-0.2, 0) is 6.42 Å². The van der Waals surface area contributed by atoms with Crippen molar-refractivity contribution in [2.24, 2.45) is 0 Å². The highest BCUT2D eigenvalue weighted by molar-refractivity contribution is 5.03. The van der Waals surface area contributed by atoms with E-state index in [2.05, 4.69) is 11.9 Å². The van der Waals surface area contributed by atoms with Crippen molar-refractivity contribution in [3.63, 3.8) is 0 Å². The van der Waals surface area contributed by atoms with Crippen LogP contribution in [0.3, 0.4) is 0 Å². The van der Waals surface area contributed by atoms with Gasteiger partial charge in [0.05, 0.1) is 0 Å². The highest BCUT2D eigenvalue weighted by atomic mass is 16.1. The SMILES string of the molecule is CCCCCCCCCCc1cccc(=O)[nH]1. The van der Waals surface area contributed by atoms with Crippen LogP contribution in [0.15, 0.2) is 23.0 Å². The Morgan fingerprint density at radius 1 is 0.941 bits per heavy atom. The first-order chi connectivity index (χ1) is 8.33. The molecule has 0 amide bonds. The molecule has 17 heavy (non-hydrogen) atoms. The molecule has 1 N–H and O–H groups in total. The average Bonchev–Trinajstić information content (AvgIpc) is 2.33. The van der Waals surface area contributed by atoms with E-state index in [1.165, 1.54) is 51.4 Å². The molecule has 96 valence electrons. The van der Waals surface area contributed by atoms with Crippen molar-refractivity contribution in [1.29, 1.82) is 0 Å². The second-order valence-corrected chi connectivity index (χ2v) is 4.77. The van der Waals surface area contributed by atoms with E-state index in [0.717, 1.165) is 12.1 Å². The highest BCUT2D eigenvalue weighted by Gasteiger charge is 1.95. The Morgan fingerprint density at radius 2 is 1.59 bits per heavy atom. The monoisotopic (exact) mass is 235 g/mol. The van der Waals surface area contributed by atoms with Gasteiger partial charge >= 0.3 is 0 Å². The number of unbranched alkanes of at least 4 members (excludes halogenated alkanes) is 7. The first-order valence-corrected chi connectivity index (χ1v) is 7.01. The van der Waals surface area contributed by atoms with Crippen LogP contribution in [0.4, 0.5) is 0 Å². The lowest BCUT2D eigenvalue weighted by atomic mass is 10.1. The van der Waals surface area contributed by atoms with Gasteiger partial charge in [0.2, 0.25) is 5.56 Å². The largest absolute Gasteiger partial charge is 0.326 e. The van der Waals surface area contributed by atoms with Gasteiger partial charge in [0.15, 0.2) is 0 Å². The van der Waals surface area contributed by atoms with Gasteiger partial charge in [0.1, 0.15) is 0 Å². The minimum atomic E-state index is 0.0158. The Labute approximate surface area is 104 Å². The van der Waals surface area contributed by atoms with Gasteiger partial charge in [-0.15, -0.1) is 0 Å². The number of H-pyrrole nitrogens is 1. The van der Waals surface area contributed by atoms with Gasteiger partial charge in [-0.1, -0.05) is 57.9 Å². The number of rotatable bonds is 9. The van der Waals surface area contributed by atoms with Crippen LogP contribution >= 0.6 is 0 Å². The summed E-state index contributed by atoms with van der Waals surface area (Å²) in [6.07, 6.45) is 11.7. The van der Waals surface area contributed by atoms with Crippen LogP contribution in [0.5, 0.6) is 0 Å². The van der Waals surface area contributed by atoms with Crippen LogP contribution < -0.4 is 5.56 Å². The van der Waals surface area contributed by atoms with Crippen LogP contribution in [0.25, 0.3) is 0 Å². The molecular formula is C15H25NO. The van der Waals surface area contributed by atoms with Gasteiger partial charge < -0.3 is 4.98 Å². The second kappa shape index (κ2) is 9.03. The molecule has 0 radical (unpaired) electrons. The molecule has 2 heteroatoms. The smallest absolute Gasteiger partial charge is 0.248 e. The van der Waals surface area contributed by atoms with Crippen molar-refractivity contribution in [3.05, 3.63) is 34.2 Å². The molecule has 0 unspecified atom stereocenters. The average molecular weight is 235 g/mol. The molecule has 0 aromatic carbocycles. The number of hydrogen-bond acceptors (Lipinski definition) is 1. The van der Waals surface area contributed by atoms with E-state index in [9.17, 15) is 4.79 Å². The fourth-order valence-electron chi connectivity index (χ4n) is 2.09. The lowest BCUT2D eigenvalue weighted by Crippen LogP contribution is -2.06. The summed E-state index contributed by atoms with van der Waals surface area (Å²) in [5.41, 5.74) is 1.09. The lowest BCUT2D eigenvalue weighted by Gasteiger charge is -2.02. The molecule has 0 fully saturated rings. The van der Waals surface area contributed by atoms with E-state index in [4.69, 9.17) is 0 Å². The lowest BCUT2D eigenvalue weighted by molar-refractivity contribution is 0.574. The summed E-state index contributed by atoms with van der Waals surface area (Å²) in [6.45, 7) is 2.25. The zero-order valence-electron chi connectivity index (χ0n) is 11.0. The molecular weight excluding hydrogens is 210 g/mol. The van der Waals surface area contributed by atoms with Crippen molar-refractivity contribution >= 4 is 0 Å². The standard InChI is InChI=1S/C15H25NO/c1-2-3-4-5-6-7-8-9-11-14-12-10-13-15(17)16-14/h10,12-13H,2-9,11H2,1H3,(H,16,17). The third-order valence-corrected chi connectivity index (χ3v) is 3.13. The van der Waals surface area contributed by atoms with Crippen LogP contribution in [-0.4, -0.2) is 4.98 Å². The molecule has 0 aliphatic carbocycles. The summed E-state index contributed by atoms with van der Waals surface area (Å²) in [7, 11) is 0. The van der Waals surface area contributed by atoms with Crippen molar-refractivity contribution in [2.75, 3.05) is 0 Å². The number of aromatic nitrogens is 1.